The van der Waals surface area contributed by atoms with Gasteiger partial charge in [0, 0.05) is 17.3 Å². The van der Waals surface area contributed by atoms with Gasteiger partial charge in [-0.3, -0.25) is 14.2 Å². The highest BCUT2D eigenvalue weighted by molar-refractivity contribution is 5.90. The molecule has 0 bridgehead atoms. The van der Waals surface area contributed by atoms with E-state index in [4.69, 9.17) is 4.74 Å². The fourth-order valence-corrected chi connectivity index (χ4v) is 3.04. The number of nitrogens with zero attached hydrogens (tertiary/aromatic N) is 2. The highest BCUT2D eigenvalue weighted by atomic mass is 16.5. The number of benzene rings is 2. The molecule has 0 spiro atoms. The van der Waals surface area contributed by atoms with Crippen LogP contribution >= 0.6 is 0 Å². The number of amides is 1. The summed E-state index contributed by atoms with van der Waals surface area (Å²) in [7, 11) is 1.57. The normalized spacial score (nSPS) is 10.6. The molecule has 6 nitrogen and oxygen atoms in total. The molecule has 0 aliphatic rings. The number of aromatic nitrogens is 2. The van der Waals surface area contributed by atoms with Crippen LogP contribution in [-0.2, 0) is 17.8 Å². The summed E-state index contributed by atoms with van der Waals surface area (Å²) in [5.74, 6) is 0.359. The molecule has 0 saturated carbocycles. The molecule has 3 aromatic rings. The number of rotatable bonds is 8. The fraction of sp³-hybridized carbons (Fsp3) is 0.261. The second kappa shape index (κ2) is 9.68. The number of unbranched alkanes of at least 4 members (excludes halogenated alkanes) is 1. The molecule has 0 radical (unpaired) electrons. The zero-order chi connectivity index (χ0) is 20.6. The van der Waals surface area contributed by atoms with E-state index < -0.39 is 0 Å². The van der Waals surface area contributed by atoms with Crippen molar-refractivity contribution in [2.45, 2.75) is 32.7 Å². The predicted molar refractivity (Wildman–Crippen MR) is 114 cm³/mol. The Bertz CT molecular complexity index is 1030. The van der Waals surface area contributed by atoms with E-state index in [-0.39, 0.29) is 18.0 Å². The van der Waals surface area contributed by atoms with Crippen molar-refractivity contribution in [1.82, 2.24) is 9.55 Å². The third-order valence-electron chi connectivity index (χ3n) is 4.63. The van der Waals surface area contributed by atoms with Crippen molar-refractivity contribution in [1.29, 1.82) is 0 Å². The Balaban J connectivity index is 1.67. The summed E-state index contributed by atoms with van der Waals surface area (Å²) < 4.78 is 6.60. The van der Waals surface area contributed by atoms with Gasteiger partial charge in [0.25, 0.3) is 5.56 Å². The predicted octanol–water partition coefficient (Wildman–Crippen LogP) is 3.90. The van der Waals surface area contributed by atoms with E-state index >= 15 is 0 Å². The minimum absolute atomic E-state index is 0.102. The van der Waals surface area contributed by atoms with Crippen molar-refractivity contribution >= 4 is 11.6 Å². The van der Waals surface area contributed by atoms with Crippen LogP contribution < -0.4 is 15.6 Å². The van der Waals surface area contributed by atoms with E-state index in [2.05, 4.69) is 17.2 Å². The molecular weight excluding hydrogens is 366 g/mol. The second-order valence-electron chi connectivity index (χ2n) is 6.79. The number of nitrogens with one attached hydrogen (secondary N) is 1. The van der Waals surface area contributed by atoms with Gasteiger partial charge in [0.05, 0.1) is 19.1 Å². The summed E-state index contributed by atoms with van der Waals surface area (Å²) >= 11 is 0. The van der Waals surface area contributed by atoms with Crippen LogP contribution in [0.15, 0.2) is 65.7 Å². The molecule has 150 valence electrons. The van der Waals surface area contributed by atoms with Crippen LogP contribution in [0.3, 0.4) is 0 Å². The largest absolute Gasteiger partial charge is 0.496 e. The number of carbonyl (C=O) groups excluding carboxylic acids is 1. The van der Waals surface area contributed by atoms with Crippen molar-refractivity contribution in [3.05, 3.63) is 76.8 Å². The molecule has 1 N–H and O–H groups in total. The molecule has 1 heterocycles. The van der Waals surface area contributed by atoms with E-state index in [9.17, 15) is 9.59 Å². The fourth-order valence-electron chi connectivity index (χ4n) is 3.04. The van der Waals surface area contributed by atoms with Gasteiger partial charge >= 0.3 is 0 Å². The second-order valence-corrected chi connectivity index (χ2v) is 6.79. The molecular formula is C23H25N3O3. The SMILES string of the molecule is CCCCc1ccc(NC(=O)Cn2cnc(-c3ccccc3OC)cc2=O)cc1. The maximum Gasteiger partial charge on any atom is 0.254 e. The van der Waals surface area contributed by atoms with Gasteiger partial charge in [0.15, 0.2) is 0 Å². The zero-order valence-corrected chi connectivity index (χ0v) is 16.7. The lowest BCUT2D eigenvalue weighted by Crippen LogP contribution is -2.27. The van der Waals surface area contributed by atoms with E-state index in [1.54, 1.807) is 7.11 Å². The van der Waals surface area contributed by atoms with Gasteiger partial charge in [-0.25, -0.2) is 4.98 Å². The maximum atomic E-state index is 12.4. The molecule has 0 unspecified atom stereocenters. The van der Waals surface area contributed by atoms with E-state index in [1.807, 2.05) is 48.5 Å². The summed E-state index contributed by atoms with van der Waals surface area (Å²) in [6.07, 6.45) is 4.71. The van der Waals surface area contributed by atoms with E-state index in [1.165, 1.54) is 22.5 Å². The third kappa shape index (κ3) is 5.31. The summed E-state index contributed by atoms with van der Waals surface area (Å²) in [6.45, 7) is 2.06. The average Bonchev–Trinajstić information content (AvgIpc) is 2.74. The summed E-state index contributed by atoms with van der Waals surface area (Å²) in [5.41, 5.74) is 2.89. The van der Waals surface area contributed by atoms with Gasteiger partial charge in [-0.05, 0) is 42.7 Å². The van der Waals surface area contributed by atoms with Gasteiger partial charge in [-0.1, -0.05) is 37.6 Å². The lowest BCUT2D eigenvalue weighted by atomic mass is 10.1. The van der Waals surface area contributed by atoms with Gasteiger partial charge in [0.1, 0.15) is 12.3 Å². The molecule has 3 rings (SSSR count). The average molecular weight is 391 g/mol. The number of aryl methyl sites for hydroxylation is 1. The Morgan fingerprint density at radius 1 is 1.14 bits per heavy atom. The maximum absolute atomic E-state index is 12.4. The molecule has 6 heteroatoms. The Morgan fingerprint density at radius 3 is 2.59 bits per heavy atom. The van der Waals surface area contributed by atoms with Crippen LogP contribution in [0.4, 0.5) is 5.69 Å². The molecule has 2 aromatic carbocycles. The van der Waals surface area contributed by atoms with Crippen molar-refractivity contribution < 1.29 is 9.53 Å². The Hall–Kier alpha value is -3.41. The first-order valence-electron chi connectivity index (χ1n) is 9.69. The number of methoxy groups -OCH3 is 1. The third-order valence-corrected chi connectivity index (χ3v) is 4.63. The highest BCUT2D eigenvalue weighted by Crippen LogP contribution is 2.26. The Labute approximate surface area is 170 Å². The standard InChI is InChI=1S/C23H25N3O3/c1-3-4-7-17-10-12-18(13-11-17)25-22(27)15-26-16-24-20(14-23(26)28)19-8-5-6-9-21(19)29-2/h5-6,8-14,16H,3-4,7,15H2,1-2H3,(H,25,27). The smallest absolute Gasteiger partial charge is 0.254 e. The quantitative estimate of drug-likeness (QED) is 0.632. The molecule has 1 aromatic heterocycles. The minimum atomic E-state index is -0.300. The number of anilines is 1. The Morgan fingerprint density at radius 2 is 1.90 bits per heavy atom. The van der Waals surface area contributed by atoms with Crippen LogP contribution in [0.1, 0.15) is 25.3 Å². The van der Waals surface area contributed by atoms with Gasteiger partial charge in [-0.2, -0.15) is 0 Å². The van der Waals surface area contributed by atoms with Gasteiger partial charge in [0.2, 0.25) is 5.91 Å². The lowest BCUT2D eigenvalue weighted by molar-refractivity contribution is -0.116. The van der Waals surface area contributed by atoms with Crippen LogP contribution in [0.2, 0.25) is 0 Å². The molecule has 0 aliphatic heterocycles. The van der Waals surface area contributed by atoms with E-state index in [0.717, 1.165) is 24.8 Å². The van der Waals surface area contributed by atoms with Crippen molar-refractivity contribution in [3.8, 4) is 17.0 Å². The summed E-state index contributed by atoms with van der Waals surface area (Å²) in [5, 5.41) is 2.82. The molecule has 0 aliphatic carbocycles. The van der Waals surface area contributed by atoms with Crippen LogP contribution in [0, 0.1) is 0 Å². The van der Waals surface area contributed by atoms with Crippen LogP contribution in [-0.4, -0.2) is 22.6 Å². The van der Waals surface area contributed by atoms with Crippen molar-refractivity contribution in [3.63, 3.8) is 0 Å². The number of para-hydroxylation sites is 1. The lowest BCUT2D eigenvalue weighted by Gasteiger charge is -2.10. The number of carbonyl (C=O) groups is 1. The van der Waals surface area contributed by atoms with Crippen molar-refractivity contribution in [2.24, 2.45) is 0 Å². The van der Waals surface area contributed by atoms with E-state index in [0.29, 0.717) is 17.1 Å². The highest BCUT2D eigenvalue weighted by Gasteiger charge is 2.10. The number of hydrogen-bond acceptors (Lipinski definition) is 4. The van der Waals surface area contributed by atoms with Crippen LogP contribution in [0.25, 0.3) is 11.3 Å². The van der Waals surface area contributed by atoms with Crippen molar-refractivity contribution in [2.75, 3.05) is 12.4 Å². The first-order chi connectivity index (χ1) is 14.1. The molecule has 29 heavy (non-hydrogen) atoms. The molecule has 0 atom stereocenters. The Kier molecular flexibility index (Phi) is 6.79. The minimum Gasteiger partial charge on any atom is -0.496 e. The summed E-state index contributed by atoms with van der Waals surface area (Å²) in [4.78, 5) is 29.1. The number of ether oxygens (including phenoxy) is 1. The van der Waals surface area contributed by atoms with Gasteiger partial charge < -0.3 is 10.1 Å². The van der Waals surface area contributed by atoms with Crippen LogP contribution in [0.5, 0.6) is 5.75 Å². The van der Waals surface area contributed by atoms with Gasteiger partial charge in [-0.15, -0.1) is 0 Å². The summed E-state index contributed by atoms with van der Waals surface area (Å²) in [6, 6.07) is 16.6. The first kappa shape index (κ1) is 20.3. The number of hydrogen-bond donors (Lipinski definition) is 1. The molecule has 1 amide bonds. The zero-order valence-electron chi connectivity index (χ0n) is 16.7. The molecule has 0 fully saturated rings. The topological polar surface area (TPSA) is 73.2 Å². The monoisotopic (exact) mass is 391 g/mol. The molecule has 0 saturated heterocycles. The first-order valence-corrected chi connectivity index (χ1v) is 9.69.